The van der Waals surface area contributed by atoms with E-state index in [0.717, 1.165) is 16.5 Å². The monoisotopic (exact) mass is 546 g/mol. The molecule has 4 unspecified atom stereocenters. The Morgan fingerprint density at radius 2 is 1.46 bits per heavy atom. The number of carbonyl (C=O) groups is 6. The van der Waals surface area contributed by atoms with E-state index in [0.29, 0.717) is 0 Å². The van der Waals surface area contributed by atoms with Crippen LogP contribution >= 0.6 is 0 Å². The van der Waals surface area contributed by atoms with Gasteiger partial charge in [-0.1, -0.05) is 32.0 Å². The summed E-state index contributed by atoms with van der Waals surface area (Å²) in [6, 6.07) is 1.90. The van der Waals surface area contributed by atoms with Gasteiger partial charge in [-0.2, -0.15) is 0 Å². The summed E-state index contributed by atoms with van der Waals surface area (Å²) in [6.07, 6.45) is 0.452. The molecule has 1 heterocycles. The fourth-order valence-corrected chi connectivity index (χ4v) is 3.94. The topological polar surface area (TPSA) is 247 Å². The second-order valence-corrected chi connectivity index (χ2v) is 9.59. The lowest BCUT2D eigenvalue weighted by atomic mass is 10.0. The first-order valence-electron chi connectivity index (χ1n) is 12.2. The van der Waals surface area contributed by atoms with Gasteiger partial charge in [0.2, 0.25) is 23.6 Å². The number of hydrogen-bond donors (Lipinski definition) is 8. The highest BCUT2D eigenvalue weighted by Crippen LogP contribution is 2.19. The van der Waals surface area contributed by atoms with Crippen molar-refractivity contribution in [3.05, 3.63) is 36.0 Å². The van der Waals surface area contributed by atoms with Gasteiger partial charge in [-0.15, -0.1) is 0 Å². The van der Waals surface area contributed by atoms with Gasteiger partial charge in [0.1, 0.15) is 18.1 Å². The minimum atomic E-state index is -1.81. The molecule has 0 aliphatic rings. The van der Waals surface area contributed by atoms with Crippen LogP contribution in [0, 0.1) is 5.92 Å². The van der Waals surface area contributed by atoms with E-state index >= 15 is 0 Å². The van der Waals surface area contributed by atoms with Crippen molar-refractivity contribution in [2.45, 2.75) is 63.7 Å². The number of primary amides is 1. The molecule has 4 atom stereocenters. The first kappa shape index (κ1) is 30.8. The average molecular weight is 547 g/mol. The third-order valence-electron chi connectivity index (χ3n) is 5.82. The van der Waals surface area contributed by atoms with Crippen molar-refractivity contribution >= 4 is 46.5 Å². The number of aliphatic carboxylic acids is 2. The second kappa shape index (κ2) is 13.9. The first-order valence-corrected chi connectivity index (χ1v) is 12.2. The van der Waals surface area contributed by atoms with Gasteiger partial charge < -0.3 is 42.6 Å². The first-order chi connectivity index (χ1) is 18.3. The highest BCUT2D eigenvalue weighted by Gasteiger charge is 2.32. The maximum Gasteiger partial charge on any atom is 0.326 e. The number of rotatable bonds is 15. The van der Waals surface area contributed by atoms with Crippen LogP contribution in [0.15, 0.2) is 30.5 Å². The van der Waals surface area contributed by atoms with E-state index in [2.05, 4.69) is 15.6 Å². The lowest BCUT2D eigenvalue weighted by Crippen LogP contribution is -2.58. The zero-order chi connectivity index (χ0) is 29.3. The molecule has 0 aliphatic heterocycles. The summed E-state index contributed by atoms with van der Waals surface area (Å²) in [4.78, 5) is 75.6. The number of hydrogen-bond acceptors (Lipinski definition) is 7. The van der Waals surface area contributed by atoms with Crippen molar-refractivity contribution in [1.82, 2.24) is 20.9 Å². The largest absolute Gasteiger partial charge is 0.481 e. The summed E-state index contributed by atoms with van der Waals surface area (Å²) in [5.74, 6) is -6.74. The van der Waals surface area contributed by atoms with E-state index in [4.69, 9.17) is 16.6 Å². The molecule has 1 aromatic carbocycles. The average Bonchev–Trinajstić information content (AvgIpc) is 3.24. The summed E-state index contributed by atoms with van der Waals surface area (Å²) in [5, 5.41) is 25.9. The number of nitrogens with two attached hydrogens (primary N) is 2. The van der Waals surface area contributed by atoms with Crippen LogP contribution < -0.4 is 27.4 Å². The van der Waals surface area contributed by atoms with Crippen LogP contribution in [0.25, 0.3) is 10.9 Å². The van der Waals surface area contributed by atoms with Crippen LogP contribution in [0.3, 0.4) is 0 Å². The van der Waals surface area contributed by atoms with Gasteiger partial charge >= 0.3 is 11.9 Å². The van der Waals surface area contributed by atoms with Crippen molar-refractivity contribution in [1.29, 1.82) is 0 Å². The van der Waals surface area contributed by atoms with Gasteiger partial charge in [-0.05, 0) is 30.4 Å². The van der Waals surface area contributed by atoms with E-state index in [1.54, 1.807) is 20.0 Å². The van der Waals surface area contributed by atoms with E-state index in [1.165, 1.54) is 0 Å². The number of benzene rings is 1. The van der Waals surface area contributed by atoms with Crippen LogP contribution in [-0.2, 0) is 35.2 Å². The van der Waals surface area contributed by atoms with Gasteiger partial charge in [-0.25, -0.2) is 4.79 Å². The molecule has 0 spiro atoms. The fraction of sp³-hybridized carbons (Fsp3) is 0.440. The summed E-state index contributed by atoms with van der Waals surface area (Å²) in [5.41, 5.74) is 13.0. The molecule has 4 amide bonds. The number of amides is 4. The second-order valence-electron chi connectivity index (χ2n) is 9.59. The van der Waals surface area contributed by atoms with Crippen LogP contribution in [-0.4, -0.2) is 74.9 Å². The van der Waals surface area contributed by atoms with Gasteiger partial charge in [0.15, 0.2) is 0 Å². The Labute approximate surface area is 223 Å². The van der Waals surface area contributed by atoms with Crippen LogP contribution in [0.1, 0.15) is 38.7 Å². The van der Waals surface area contributed by atoms with E-state index < -0.39 is 72.6 Å². The Kier molecular flexibility index (Phi) is 11.0. The summed E-state index contributed by atoms with van der Waals surface area (Å²) < 4.78 is 0. The predicted octanol–water partition coefficient (Wildman–Crippen LogP) is -1.03. The molecule has 14 heteroatoms. The minimum Gasteiger partial charge on any atom is -0.481 e. The molecule has 0 saturated heterocycles. The molecule has 0 saturated carbocycles. The predicted molar refractivity (Wildman–Crippen MR) is 139 cm³/mol. The smallest absolute Gasteiger partial charge is 0.326 e. The highest BCUT2D eigenvalue weighted by molar-refractivity contribution is 5.96. The maximum atomic E-state index is 13.1. The van der Waals surface area contributed by atoms with Gasteiger partial charge in [0.05, 0.1) is 18.9 Å². The Bertz CT molecular complexity index is 1230. The normalized spacial score (nSPS) is 14.2. The van der Waals surface area contributed by atoms with Crippen molar-refractivity contribution in [2.75, 3.05) is 0 Å². The van der Waals surface area contributed by atoms with Crippen molar-refractivity contribution in [3.63, 3.8) is 0 Å². The summed E-state index contributed by atoms with van der Waals surface area (Å²) in [6.45, 7) is 3.60. The number of fused-ring (bicyclic) bond motifs is 1. The van der Waals surface area contributed by atoms with E-state index in [-0.39, 0.29) is 18.8 Å². The zero-order valence-corrected chi connectivity index (χ0v) is 21.6. The molecule has 1 aromatic heterocycles. The lowest BCUT2D eigenvalue weighted by molar-refractivity contribution is -0.147. The minimum absolute atomic E-state index is 0.0822. The van der Waals surface area contributed by atoms with Crippen molar-refractivity contribution < 1.29 is 39.0 Å². The lowest BCUT2D eigenvalue weighted by Gasteiger charge is -2.25. The van der Waals surface area contributed by atoms with E-state index in [9.17, 15) is 33.9 Å². The molecule has 0 radical (unpaired) electrons. The fourth-order valence-electron chi connectivity index (χ4n) is 3.94. The Hall–Kier alpha value is -4.46. The Balaban J connectivity index is 2.14. The number of carboxylic acids is 2. The molecular formula is C25H34N6O8. The molecular weight excluding hydrogens is 512 g/mol. The maximum absolute atomic E-state index is 13.1. The molecule has 2 aromatic rings. The number of aromatic nitrogens is 1. The number of H-pyrrole nitrogens is 1. The molecule has 10 N–H and O–H groups in total. The van der Waals surface area contributed by atoms with Crippen LogP contribution in [0.2, 0.25) is 0 Å². The van der Waals surface area contributed by atoms with Gasteiger partial charge in [0.25, 0.3) is 0 Å². The zero-order valence-electron chi connectivity index (χ0n) is 21.6. The highest BCUT2D eigenvalue weighted by atomic mass is 16.4. The van der Waals surface area contributed by atoms with Crippen LogP contribution in [0.5, 0.6) is 0 Å². The summed E-state index contributed by atoms with van der Waals surface area (Å²) >= 11 is 0. The van der Waals surface area contributed by atoms with Crippen LogP contribution in [0.4, 0.5) is 0 Å². The van der Waals surface area contributed by atoms with Gasteiger partial charge in [-0.3, -0.25) is 24.0 Å². The van der Waals surface area contributed by atoms with E-state index in [1.807, 2.05) is 29.6 Å². The van der Waals surface area contributed by atoms with Gasteiger partial charge in [0, 0.05) is 17.1 Å². The number of para-hydroxylation sites is 1. The molecule has 0 aliphatic carbocycles. The standard InChI is InChI=1S/C25H34N6O8/c1-12(2)7-17(29-22(35)15(26)8-13-11-28-16-6-4-3-5-14(13)16)23(36)30-18(9-20(27)32)24(37)31-19(25(38)39)10-21(33)34/h3-6,11-12,15,17-19,28H,7-10,26H2,1-2H3,(H2,27,32)(H,29,35)(H,30,36)(H,31,37)(H,33,34)(H,38,39). The molecule has 2 rings (SSSR count). The molecule has 0 bridgehead atoms. The third kappa shape index (κ3) is 9.41. The number of nitrogens with one attached hydrogen (secondary N) is 4. The number of carboxylic acid groups (broad SMARTS) is 2. The Morgan fingerprint density at radius 1 is 0.872 bits per heavy atom. The van der Waals surface area contributed by atoms with Crippen molar-refractivity contribution in [3.8, 4) is 0 Å². The molecule has 14 nitrogen and oxygen atoms in total. The number of aromatic amines is 1. The third-order valence-corrected chi connectivity index (χ3v) is 5.82. The number of carbonyl (C=O) groups excluding carboxylic acids is 4. The molecule has 212 valence electrons. The Morgan fingerprint density at radius 3 is 2.05 bits per heavy atom. The SMILES string of the molecule is CC(C)CC(NC(=O)C(N)Cc1c[nH]c2ccccc12)C(=O)NC(CC(N)=O)C(=O)NC(CC(=O)O)C(=O)O. The quantitative estimate of drug-likeness (QED) is 0.136. The van der Waals surface area contributed by atoms with Crippen molar-refractivity contribution in [2.24, 2.45) is 17.4 Å². The molecule has 39 heavy (non-hydrogen) atoms. The summed E-state index contributed by atoms with van der Waals surface area (Å²) in [7, 11) is 0. The molecule has 0 fully saturated rings.